The van der Waals surface area contributed by atoms with Crippen LogP contribution in [0.5, 0.6) is 5.75 Å². The maximum absolute atomic E-state index is 11.1. The van der Waals surface area contributed by atoms with Gasteiger partial charge in [-0.05, 0) is 36.5 Å². The van der Waals surface area contributed by atoms with Crippen LogP contribution in [0.4, 0.5) is 0 Å². The second-order valence-corrected chi connectivity index (χ2v) is 3.84. The molecule has 1 N–H and O–H groups in total. The van der Waals surface area contributed by atoms with E-state index < -0.39 is 0 Å². The molecule has 0 saturated carbocycles. The maximum Gasteiger partial charge on any atom is 0.305 e. The number of ether oxygens (including phenoxy) is 1. The largest absolute Gasteiger partial charge is 0.508 e. The first-order valence-electron chi connectivity index (χ1n) is 5.20. The average molecular weight is 206 g/mol. The van der Waals surface area contributed by atoms with Crippen LogP contribution in [-0.4, -0.2) is 17.7 Å². The first-order chi connectivity index (χ1) is 7.25. The van der Waals surface area contributed by atoms with E-state index in [0.29, 0.717) is 18.9 Å². The van der Waals surface area contributed by atoms with E-state index >= 15 is 0 Å². The topological polar surface area (TPSA) is 46.5 Å². The third-order valence-electron chi connectivity index (χ3n) is 2.79. The van der Waals surface area contributed by atoms with Crippen LogP contribution >= 0.6 is 0 Å². The molecule has 80 valence electrons. The van der Waals surface area contributed by atoms with E-state index in [1.807, 2.05) is 12.1 Å². The lowest BCUT2D eigenvalue weighted by molar-refractivity contribution is -0.142. The summed E-state index contributed by atoms with van der Waals surface area (Å²) in [5, 5.41) is 9.17. The SMILES string of the molecule is O=C1CCC(c2ccc(O)cc2)CCO1. The van der Waals surface area contributed by atoms with Crippen LogP contribution in [0.15, 0.2) is 24.3 Å². The summed E-state index contributed by atoms with van der Waals surface area (Å²) in [4.78, 5) is 11.1. The van der Waals surface area contributed by atoms with Gasteiger partial charge in [0.1, 0.15) is 5.75 Å². The Labute approximate surface area is 88.7 Å². The molecular formula is C12H14O3. The van der Waals surface area contributed by atoms with Crippen LogP contribution in [0.25, 0.3) is 0 Å². The van der Waals surface area contributed by atoms with Gasteiger partial charge >= 0.3 is 5.97 Å². The lowest BCUT2D eigenvalue weighted by Crippen LogP contribution is -2.00. The molecule has 0 aromatic heterocycles. The van der Waals surface area contributed by atoms with Gasteiger partial charge in [0.2, 0.25) is 0 Å². The molecule has 1 heterocycles. The Bertz CT molecular complexity index is 342. The monoisotopic (exact) mass is 206 g/mol. The fourth-order valence-corrected chi connectivity index (χ4v) is 1.90. The first-order valence-corrected chi connectivity index (χ1v) is 5.20. The molecule has 3 nitrogen and oxygen atoms in total. The quantitative estimate of drug-likeness (QED) is 0.716. The van der Waals surface area contributed by atoms with E-state index in [4.69, 9.17) is 4.74 Å². The number of hydrogen-bond donors (Lipinski definition) is 1. The van der Waals surface area contributed by atoms with E-state index in [1.54, 1.807) is 12.1 Å². The minimum Gasteiger partial charge on any atom is -0.508 e. The van der Waals surface area contributed by atoms with Gasteiger partial charge in [0.05, 0.1) is 6.61 Å². The summed E-state index contributed by atoms with van der Waals surface area (Å²) in [5.74, 6) is 0.549. The van der Waals surface area contributed by atoms with Crippen molar-refractivity contribution in [2.24, 2.45) is 0 Å². The lowest BCUT2D eigenvalue weighted by Gasteiger charge is -2.12. The van der Waals surface area contributed by atoms with Crippen molar-refractivity contribution in [2.45, 2.75) is 25.2 Å². The van der Waals surface area contributed by atoms with Crippen molar-refractivity contribution in [1.82, 2.24) is 0 Å². The first kappa shape index (κ1) is 10.0. The highest BCUT2D eigenvalue weighted by Crippen LogP contribution is 2.28. The summed E-state index contributed by atoms with van der Waals surface area (Å²) in [7, 11) is 0. The molecule has 3 heteroatoms. The van der Waals surface area contributed by atoms with E-state index in [9.17, 15) is 9.90 Å². The van der Waals surface area contributed by atoms with Crippen molar-refractivity contribution in [2.75, 3.05) is 6.61 Å². The van der Waals surface area contributed by atoms with Crippen molar-refractivity contribution >= 4 is 5.97 Å². The van der Waals surface area contributed by atoms with Gasteiger partial charge in [-0.2, -0.15) is 0 Å². The Morgan fingerprint density at radius 2 is 1.93 bits per heavy atom. The van der Waals surface area contributed by atoms with Crippen LogP contribution < -0.4 is 0 Å². The number of esters is 1. The summed E-state index contributed by atoms with van der Waals surface area (Å²) in [6, 6.07) is 7.19. The van der Waals surface area contributed by atoms with E-state index in [2.05, 4.69) is 0 Å². The van der Waals surface area contributed by atoms with E-state index in [-0.39, 0.29) is 11.7 Å². The molecule has 1 aliphatic rings. The van der Waals surface area contributed by atoms with Gasteiger partial charge in [0.25, 0.3) is 0 Å². The number of phenolic OH excluding ortho intramolecular Hbond substituents is 1. The molecule has 1 fully saturated rings. The van der Waals surface area contributed by atoms with Crippen molar-refractivity contribution in [3.63, 3.8) is 0 Å². The Morgan fingerprint density at radius 1 is 1.20 bits per heavy atom. The Balaban J connectivity index is 2.09. The highest BCUT2D eigenvalue weighted by Gasteiger charge is 2.18. The van der Waals surface area contributed by atoms with E-state index in [0.717, 1.165) is 12.8 Å². The van der Waals surface area contributed by atoms with Gasteiger partial charge in [0, 0.05) is 6.42 Å². The Hall–Kier alpha value is -1.51. The number of benzene rings is 1. The molecule has 0 aliphatic carbocycles. The molecule has 1 aliphatic heterocycles. The average Bonchev–Trinajstić information content (AvgIpc) is 2.44. The molecule has 1 aromatic carbocycles. The number of carbonyl (C=O) groups excluding carboxylic acids is 1. The van der Waals surface area contributed by atoms with Crippen LogP contribution in [-0.2, 0) is 9.53 Å². The molecule has 0 bridgehead atoms. The van der Waals surface area contributed by atoms with Gasteiger partial charge in [-0.15, -0.1) is 0 Å². The lowest BCUT2D eigenvalue weighted by atomic mass is 9.92. The maximum atomic E-state index is 11.1. The van der Waals surface area contributed by atoms with Crippen LogP contribution in [0.1, 0.15) is 30.7 Å². The minimum absolute atomic E-state index is 0.101. The number of cyclic esters (lactones) is 1. The Morgan fingerprint density at radius 3 is 2.67 bits per heavy atom. The summed E-state index contributed by atoms with van der Waals surface area (Å²) >= 11 is 0. The van der Waals surface area contributed by atoms with Gasteiger partial charge < -0.3 is 9.84 Å². The van der Waals surface area contributed by atoms with Crippen LogP contribution in [0.3, 0.4) is 0 Å². The van der Waals surface area contributed by atoms with E-state index in [1.165, 1.54) is 5.56 Å². The molecule has 2 rings (SSSR count). The number of phenols is 1. The van der Waals surface area contributed by atoms with Crippen molar-refractivity contribution in [3.8, 4) is 5.75 Å². The summed E-state index contributed by atoms with van der Waals surface area (Å²) in [6.45, 7) is 0.504. The van der Waals surface area contributed by atoms with Crippen molar-refractivity contribution < 1.29 is 14.6 Å². The standard InChI is InChI=1S/C12H14O3/c13-11-4-1-9(2-5-11)10-3-6-12(14)15-8-7-10/h1-2,4-5,10,13H,3,6-8H2. The van der Waals surface area contributed by atoms with Crippen molar-refractivity contribution in [3.05, 3.63) is 29.8 Å². The van der Waals surface area contributed by atoms with Gasteiger partial charge in [-0.25, -0.2) is 0 Å². The predicted molar refractivity (Wildman–Crippen MR) is 55.7 cm³/mol. The third-order valence-corrected chi connectivity index (χ3v) is 2.79. The molecule has 0 amide bonds. The fourth-order valence-electron chi connectivity index (χ4n) is 1.90. The number of carbonyl (C=O) groups is 1. The third kappa shape index (κ3) is 2.49. The van der Waals surface area contributed by atoms with Gasteiger partial charge in [0.15, 0.2) is 0 Å². The molecule has 1 aromatic rings. The molecule has 15 heavy (non-hydrogen) atoms. The second-order valence-electron chi connectivity index (χ2n) is 3.84. The van der Waals surface area contributed by atoms with Crippen LogP contribution in [0.2, 0.25) is 0 Å². The molecular weight excluding hydrogens is 192 g/mol. The smallest absolute Gasteiger partial charge is 0.305 e. The van der Waals surface area contributed by atoms with Crippen LogP contribution in [0, 0.1) is 0 Å². The second kappa shape index (κ2) is 4.34. The normalized spacial score (nSPS) is 21.9. The molecule has 1 saturated heterocycles. The molecule has 1 unspecified atom stereocenters. The number of aromatic hydroxyl groups is 1. The summed E-state index contributed by atoms with van der Waals surface area (Å²) in [6.07, 6.45) is 2.20. The summed E-state index contributed by atoms with van der Waals surface area (Å²) in [5.41, 5.74) is 1.17. The minimum atomic E-state index is -0.101. The molecule has 0 radical (unpaired) electrons. The zero-order valence-corrected chi connectivity index (χ0v) is 8.48. The predicted octanol–water partition coefficient (Wildman–Crippen LogP) is 2.20. The fraction of sp³-hybridized carbons (Fsp3) is 0.417. The highest BCUT2D eigenvalue weighted by molar-refractivity contribution is 5.69. The summed E-state index contributed by atoms with van der Waals surface area (Å²) < 4.78 is 4.99. The molecule has 0 spiro atoms. The van der Waals surface area contributed by atoms with Gasteiger partial charge in [-0.1, -0.05) is 12.1 Å². The zero-order chi connectivity index (χ0) is 10.7. The Kier molecular flexibility index (Phi) is 2.90. The number of rotatable bonds is 1. The zero-order valence-electron chi connectivity index (χ0n) is 8.48. The highest BCUT2D eigenvalue weighted by atomic mass is 16.5. The molecule has 1 atom stereocenters. The van der Waals surface area contributed by atoms with Gasteiger partial charge in [-0.3, -0.25) is 4.79 Å². The number of hydrogen-bond acceptors (Lipinski definition) is 3. The van der Waals surface area contributed by atoms with Crippen molar-refractivity contribution in [1.29, 1.82) is 0 Å².